The van der Waals surface area contributed by atoms with Crippen LogP contribution in [0.25, 0.3) is 0 Å². The van der Waals surface area contributed by atoms with Gasteiger partial charge in [-0.15, -0.1) is 0 Å². The Labute approximate surface area is 106 Å². The van der Waals surface area contributed by atoms with Gasteiger partial charge in [-0.3, -0.25) is 9.59 Å². The molecule has 0 spiro atoms. The van der Waals surface area contributed by atoms with Crippen molar-refractivity contribution in [3.63, 3.8) is 0 Å². The molecule has 0 fully saturated rings. The van der Waals surface area contributed by atoms with Crippen LogP contribution in [0.1, 0.15) is 36.5 Å². The molecule has 0 saturated heterocycles. The zero-order valence-electron chi connectivity index (χ0n) is 11.1. The average Bonchev–Trinajstić information content (AvgIpc) is 2.73. The van der Waals surface area contributed by atoms with E-state index in [0.29, 0.717) is 18.0 Å². The van der Waals surface area contributed by atoms with Crippen LogP contribution in [0.4, 0.5) is 0 Å². The van der Waals surface area contributed by atoms with Crippen molar-refractivity contribution in [3.8, 4) is 0 Å². The summed E-state index contributed by atoms with van der Waals surface area (Å²) < 4.78 is 4.85. The maximum Gasteiger partial charge on any atom is 0.290 e. The lowest BCUT2D eigenvalue weighted by Gasteiger charge is -2.18. The largest absolute Gasteiger partial charge is 0.357 e. The number of nitrogens with zero attached hydrogens (tertiary/aromatic N) is 1. The first kappa shape index (κ1) is 14.2. The number of hydrogen-bond acceptors (Lipinski definition) is 4. The first-order valence-corrected chi connectivity index (χ1v) is 5.89. The van der Waals surface area contributed by atoms with Crippen LogP contribution >= 0.6 is 0 Å². The molecule has 1 rings (SSSR count). The maximum atomic E-state index is 11.8. The normalized spacial score (nSPS) is 12.3. The SMILES string of the molecule is CNC(=O)[C@H](CC(C)C)NC(=O)c1cc(C)no1. The summed E-state index contributed by atoms with van der Waals surface area (Å²) in [7, 11) is 1.54. The Hall–Kier alpha value is -1.85. The summed E-state index contributed by atoms with van der Waals surface area (Å²) in [6.07, 6.45) is 0.568. The zero-order valence-corrected chi connectivity index (χ0v) is 11.1. The topological polar surface area (TPSA) is 84.2 Å². The van der Waals surface area contributed by atoms with E-state index in [1.54, 1.807) is 14.0 Å². The molecule has 18 heavy (non-hydrogen) atoms. The van der Waals surface area contributed by atoms with Crippen LogP contribution in [0.5, 0.6) is 0 Å². The van der Waals surface area contributed by atoms with Gasteiger partial charge < -0.3 is 15.2 Å². The predicted octanol–water partition coefficient (Wildman–Crippen LogP) is 0.874. The monoisotopic (exact) mass is 253 g/mol. The molecule has 0 aromatic carbocycles. The molecule has 100 valence electrons. The van der Waals surface area contributed by atoms with Crippen molar-refractivity contribution in [2.24, 2.45) is 5.92 Å². The van der Waals surface area contributed by atoms with E-state index in [9.17, 15) is 9.59 Å². The molecule has 0 aliphatic rings. The van der Waals surface area contributed by atoms with Crippen LogP contribution in [-0.2, 0) is 4.79 Å². The summed E-state index contributed by atoms with van der Waals surface area (Å²) in [6.45, 7) is 5.70. The van der Waals surface area contributed by atoms with Gasteiger partial charge >= 0.3 is 0 Å². The summed E-state index contributed by atoms with van der Waals surface area (Å²) in [5, 5.41) is 8.81. The van der Waals surface area contributed by atoms with Crippen molar-refractivity contribution >= 4 is 11.8 Å². The quantitative estimate of drug-likeness (QED) is 0.815. The molecule has 1 heterocycles. The molecular formula is C12H19N3O3. The molecular weight excluding hydrogens is 234 g/mol. The molecule has 1 atom stereocenters. The first-order valence-electron chi connectivity index (χ1n) is 5.89. The van der Waals surface area contributed by atoms with Gasteiger partial charge in [0.05, 0.1) is 5.69 Å². The minimum Gasteiger partial charge on any atom is -0.357 e. The lowest BCUT2D eigenvalue weighted by molar-refractivity contribution is -0.122. The van der Waals surface area contributed by atoms with Gasteiger partial charge in [0.15, 0.2) is 0 Å². The number of nitrogens with one attached hydrogen (secondary N) is 2. The second kappa shape index (κ2) is 6.18. The van der Waals surface area contributed by atoms with Crippen molar-refractivity contribution in [1.29, 1.82) is 0 Å². The number of rotatable bonds is 5. The van der Waals surface area contributed by atoms with Gasteiger partial charge in [0.25, 0.3) is 5.91 Å². The van der Waals surface area contributed by atoms with Crippen LogP contribution in [-0.4, -0.2) is 30.1 Å². The molecule has 0 aliphatic heterocycles. The van der Waals surface area contributed by atoms with Crippen molar-refractivity contribution in [2.75, 3.05) is 7.05 Å². The molecule has 1 aromatic rings. The third-order valence-corrected chi connectivity index (χ3v) is 2.43. The number of aryl methyl sites for hydroxylation is 1. The van der Waals surface area contributed by atoms with Gasteiger partial charge in [-0.2, -0.15) is 0 Å². The molecule has 0 saturated carbocycles. The Morgan fingerprint density at radius 1 is 1.44 bits per heavy atom. The third-order valence-electron chi connectivity index (χ3n) is 2.43. The van der Waals surface area contributed by atoms with E-state index >= 15 is 0 Å². The molecule has 0 bridgehead atoms. The van der Waals surface area contributed by atoms with Gasteiger partial charge in [0.2, 0.25) is 11.7 Å². The average molecular weight is 253 g/mol. The fourth-order valence-electron chi connectivity index (χ4n) is 1.58. The minimum atomic E-state index is -0.562. The fraction of sp³-hybridized carbons (Fsp3) is 0.583. The fourth-order valence-corrected chi connectivity index (χ4v) is 1.58. The van der Waals surface area contributed by atoms with E-state index in [-0.39, 0.29) is 11.7 Å². The molecule has 6 nitrogen and oxygen atoms in total. The van der Waals surface area contributed by atoms with E-state index in [0.717, 1.165) is 0 Å². The van der Waals surface area contributed by atoms with Gasteiger partial charge in [-0.25, -0.2) is 0 Å². The van der Waals surface area contributed by atoms with E-state index in [1.165, 1.54) is 6.07 Å². The van der Waals surface area contributed by atoms with E-state index in [4.69, 9.17) is 4.52 Å². The molecule has 0 unspecified atom stereocenters. The molecule has 1 aromatic heterocycles. The highest BCUT2D eigenvalue weighted by Crippen LogP contribution is 2.07. The summed E-state index contributed by atoms with van der Waals surface area (Å²) in [4.78, 5) is 23.5. The molecule has 0 aliphatic carbocycles. The van der Waals surface area contributed by atoms with Gasteiger partial charge in [-0.05, 0) is 19.3 Å². The van der Waals surface area contributed by atoms with Gasteiger partial charge in [0, 0.05) is 13.1 Å². The highest BCUT2D eigenvalue weighted by Gasteiger charge is 2.23. The number of carbonyl (C=O) groups is 2. The summed E-state index contributed by atoms with van der Waals surface area (Å²) in [6, 6.07) is 0.971. The molecule has 6 heteroatoms. The number of hydrogen-bond donors (Lipinski definition) is 2. The van der Waals surface area contributed by atoms with Crippen molar-refractivity contribution in [2.45, 2.75) is 33.2 Å². The minimum absolute atomic E-state index is 0.116. The Morgan fingerprint density at radius 3 is 2.56 bits per heavy atom. The first-order chi connectivity index (χ1) is 8.43. The number of carbonyl (C=O) groups excluding carboxylic acids is 2. The lowest BCUT2D eigenvalue weighted by Crippen LogP contribution is -2.46. The van der Waals surface area contributed by atoms with E-state index in [2.05, 4.69) is 15.8 Å². The van der Waals surface area contributed by atoms with Crippen molar-refractivity contribution in [1.82, 2.24) is 15.8 Å². The number of likely N-dealkylation sites (N-methyl/N-ethyl adjacent to an activating group) is 1. The second-order valence-electron chi connectivity index (χ2n) is 4.60. The third kappa shape index (κ3) is 3.87. The van der Waals surface area contributed by atoms with Gasteiger partial charge in [-0.1, -0.05) is 19.0 Å². The lowest BCUT2D eigenvalue weighted by atomic mass is 10.0. The van der Waals surface area contributed by atoms with Crippen molar-refractivity contribution < 1.29 is 14.1 Å². The predicted molar refractivity (Wildman–Crippen MR) is 66.0 cm³/mol. The summed E-state index contributed by atoms with van der Waals surface area (Å²) in [5.41, 5.74) is 0.625. The summed E-state index contributed by atoms with van der Waals surface area (Å²) >= 11 is 0. The smallest absolute Gasteiger partial charge is 0.290 e. The highest BCUT2D eigenvalue weighted by atomic mass is 16.5. The highest BCUT2D eigenvalue weighted by molar-refractivity contribution is 5.95. The Balaban J connectivity index is 2.71. The standard InChI is InChI=1S/C12H19N3O3/c1-7(2)5-9(11(16)13-4)14-12(17)10-6-8(3)15-18-10/h6-7,9H,5H2,1-4H3,(H,13,16)(H,14,17)/t9-/m0/s1. The molecule has 2 amide bonds. The number of aromatic nitrogens is 1. The Bertz CT molecular complexity index is 426. The van der Waals surface area contributed by atoms with Crippen LogP contribution in [0.3, 0.4) is 0 Å². The molecule has 2 N–H and O–H groups in total. The van der Waals surface area contributed by atoms with E-state index in [1.807, 2.05) is 13.8 Å². The number of amides is 2. The Kier molecular flexibility index (Phi) is 4.88. The van der Waals surface area contributed by atoms with Crippen molar-refractivity contribution in [3.05, 3.63) is 17.5 Å². The van der Waals surface area contributed by atoms with Crippen LogP contribution in [0.15, 0.2) is 10.6 Å². The van der Waals surface area contributed by atoms with E-state index < -0.39 is 11.9 Å². The summed E-state index contributed by atoms with van der Waals surface area (Å²) in [5.74, 6) is -0.229. The maximum absolute atomic E-state index is 11.8. The van der Waals surface area contributed by atoms with Crippen LogP contribution < -0.4 is 10.6 Å². The van der Waals surface area contributed by atoms with Gasteiger partial charge in [0.1, 0.15) is 6.04 Å². The van der Waals surface area contributed by atoms with Crippen LogP contribution in [0, 0.1) is 12.8 Å². The molecule has 0 radical (unpaired) electrons. The Morgan fingerprint density at radius 2 is 2.11 bits per heavy atom. The second-order valence-corrected chi connectivity index (χ2v) is 4.60. The zero-order chi connectivity index (χ0) is 13.7. The van der Waals surface area contributed by atoms with Crippen LogP contribution in [0.2, 0.25) is 0 Å².